The van der Waals surface area contributed by atoms with Gasteiger partial charge in [0, 0.05) is 17.9 Å². The van der Waals surface area contributed by atoms with E-state index < -0.39 is 35.3 Å². The topological polar surface area (TPSA) is 79.0 Å². The van der Waals surface area contributed by atoms with Gasteiger partial charge in [0.25, 0.3) is 5.91 Å². The van der Waals surface area contributed by atoms with Crippen LogP contribution >= 0.6 is 11.8 Å². The second kappa shape index (κ2) is 8.88. The normalized spacial score (nSPS) is 22.1. The molecular weight excluding hydrogens is 469 g/mol. The van der Waals surface area contributed by atoms with Crippen LogP contribution in [0.2, 0.25) is 0 Å². The van der Waals surface area contributed by atoms with Crippen molar-refractivity contribution in [2.75, 3.05) is 26.0 Å². The number of hydrogen-bond donors (Lipinski definition) is 1. The van der Waals surface area contributed by atoms with Crippen LogP contribution < -0.4 is 10.1 Å². The third-order valence-electron chi connectivity index (χ3n) is 6.58. The fourth-order valence-electron chi connectivity index (χ4n) is 4.58. The molecule has 2 aliphatic rings. The minimum absolute atomic E-state index is 0.388. The Bertz CT molecular complexity index is 1350. The summed E-state index contributed by atoms with van der Waals surface area (Å²) in [6, 6.07) is 16.8. The molecule has 3 aromatic rings. The van der Waals surface area contributed by atoms with E-state index in [9.17, 15) is 18.8 Å². The molecule has 1 N–H and O–H groups in total. The number of halogens is 1. The quantitative estimate of drug-likeness (QED) is 0.543. The molecule has 5 rings (SSSR count). The monoisotopic (exact) mass is 493 g/mol. The minimum Gasteiger partial charge on any atom is -0.497 e. The molecule has 3 aromatic carbocycles. The number of fused-ring (bicyclic) bond motifs is 1. The highest BCUT2D eigenvalue weighted by Gasteiger charge is 2.50. The molecule has 0 unspecified atom stereocenters. The van der Waals surface area contributed by atoms with Crippen LogP contribution in [0.25, 0.3) is 10.8 Å². The zero-order valence-electron chi connectivity index (χ0n) is 19.3. The van der Waals surface area contributed by atoms with Crippen molar-refractivity contribution in [3.8, 4) is 5.75 Å². The van der Waals surface area contributed by atoms with Gasteiger partial charge in [-0.2, -0.15) is 0 Å². The molecule has 35 heavy (non-hydrogen) atoms. The molecule has 4 amide bonds. The Morgan fingerprint density at radius 3 is 2.66 bits per heavy atom. The molecule has 2 fully saturated rings. The van der Waals surface area contributed by atoms with Crippen molar-refractivity contribution < 1.29 is 23.5 Å². The number of imide groups is 1. The van der Waals surface area contributed by atoms with Crippen LogP contribution in [0.3, 0.4) is 0 Å². The summed E-state index contributed by atoms with van der Waals surface area (Å²) >= 11 is 1.46. The minimum atomic E-state index is -1.31. The molecule has 0 saturated carbocycles. The van der Waals surface area contributed by atoms with E-state index in [1.165, 1.54) is 22.7 Å². The fraction of sp³-hybridized carbons (Fsp3) is 0.269. The maximum Gasteiger partial charge on any atom is 0.325 e. The Balaban J connectivity index is 1.37. The number of benzene rings is 3. The number of carbonyl (C=O) groups excluding carboxylic acids is 3. The van der Waals surface area contributed by atoms with Crippen molar-refractivity contribution in [3.63, 3.8) is 0 Å². The van der Waals surface area contributed by atoms with Crippen molar-refractivity contribution >= 4 is 40.4 Å². The van der Waals surface area contributed by atoms with Gasteiger partial charge < -0.3 is 15.0 Å². The zero-order chi connectivity index (χ0) is 24.7. The maximum atomic E-state index is 14.4. The Labute approximate surface area is 206 Å². The van der Waals surface area contributed by atoms with E-state index in [4.69, 9.17) is 4.74 Å². The summed E-state index contributed by atoms with van der Waals surface area (Å²) < 4.78 is 19.6. The first kappa shape index (κ1) is 23.2. The van der Waals surface area contributed by atoms with E-state index in [-0.39, 0.29) is 5.82 Å². The van der Waals surface area contributed by atoms with Gasteiger partial charge in [-0.25, -0.2) is 9.18 Å². The zero-order valence-corrected chi connectivity index (χ0v) is 20.1. The summed E-state index contributed by atoms with van der Waals surface area (Å²) in [5.41, 5.74) is -0.279. The summed E-state index contributed by atoms with van der Waals surface area (Å²) in [4.78, 5) is 41.9. The number of carbonyl (C=O) groups is 3. The number of urea groups is 1. The van der Waals surface area contributed by atoms with Crippen molar-refractivity contribution in [2.45, 2.75) is 17.8 Å². The first-order valence-corrected chi connectivity index (χ1v) is 12.2. The van der Waals surface area contributed by atoms with Gasteiger partial charge in [0.15, 0.2) is 0 Å². The predicted octanol–water partition coefficient (Wildman–Crippen LogP) is 4.03. The number of thioether (sulfide) groups is 1. The fourth-order valence-corrected chi connectivity index (χ4v) is 5.88. The predicted molar refractivity (Wildman–Crippen MR) is 131 cm³/mol. The Kier molecular flexibility index (Phi) is 5.88. The number of methoxy groups -OCH3 is 1. The highest BCUT2D eigenvalue weighted by atomic mass is 32.2. The van der Waals surface area contributed by atoms with Crippen molar-refractivity contribution in [1.82, 2.24) is 15.1 Å². The van der Waals surface area contributed by atoms with Gasteiger partial charge in [-0.15, -0.1) is 11.8 Å². The number of amides is 4. The summed E-state index contributed by atoms with van der Waals surface area (Å²) in [6.07, 6.45) is 0. The average molecular weight is 494 g/mol. The van der Waals surface area contributed by atoms with Gasteiger partial charge in [-0.3, -0.25) is 14.5 Å². The van der Waals surface area contributed by atoms with Gasteiger partial charge in [0.2, 0.25) is 5.91 Å². The van der Waals surface area contributed by atoms with Crippen LogP contribution in [0.4, 0.5) is 9.18 Å². The second-order valence-electron chi connectivity index (χ2n) is 8.71. The van der Waals surface area contributed by atoms with Crippen LogP contribution in [0.15, 0.2) is 60.7 Å². The molecule has 0 aliphatic carbocycles. The first-order chi connectivity index (χ1) is 16.8. The molecule has 9 heteroatoms. The summed E-state index contributed by atoms with van der Waals surface area (Å²) in [7, 11) is 1.60. The third kappa shape index (κ3) is 3.99. The van der Waals surface area contributed by atoms with Crippen molar-refractivity contribution in [2.24, 2.45) is 0 Å². The number of nitrogens with zero attached hydrogens (tertiary/aromatic N) is 2. The van der Waals surface area contributed by atoms with Gasteiger partial charge in [0.05, 0.1) is 7.11 Å². The molecule has 0 radical (unpaired) electrons. The number of hydrogen-bond acceptors (Lipinski definition) is 5. The highest BCUT2D eigenvalue weighted by molar-refractivity contribution is 7.99. The standard InChI is InChI=1S/C26H24FN3O4S/c1-26(18-9-7-17-14-19(34-2)10-8-16(17)13-18)24(32)30(25(33)28-26)15-22(31)29-11-12-35-23(29)20-5-3-4-6-21(20)27/h3-10,13-14,23H,11-12,15H2,1-2H3,(H,28,33)/t23-,26+/m1/s1. The van der Waals surface area contributed by atoms with Crippen molar-refractivity contribution in [3.05, 3.63) is 77.6 Å². The molecule has 2 saturated heterocycles. The van der Waals surface area contributed by atoms with E-state index in [2.05, 4.69) is 5.32 Å². The Hall–Kier alpha value is -3.59. The molecule has 0 bridgehead atoms. The average Bonchev–Trinajstić information content (AvgIpc) is 3.43. The van der Waals surface area contributed by atoms with Crippen LogP contribution in [0.5, 0.6) is 5.75 Å². The van der Waals surface area contributed by atoms with Crippen LogP contribution in [-0.4, -0.2) is 53.6 Å². The lowest BCUT2D eigenvalue weighted by atomic mass is 9.90. The van der Waals surface area contributed by atoms with E-state index >= 15 is 0 Å². The van der Waals surface area contributed by atoms with E-state index in [1.807, 2.05) is 30.3 Å². The second-order valence-corrected chi connectivity index (χ2v) is 9.89. The van der Waals surface area contributed by atoms with Crippen molar-refractivity contribution in [1.29, 1.82) is 0 Å². The highest BCUT2D eigenvalue weighted by Crippen LogP contribution is 2.39. The Morgan fingerprint density at radius 2 is 1.89 bits per heavy atom. The first-order valence-electron chi connectivity index (χ1n) is 11.2. The smallest absolute Gasteiger partial charge is 0.325 e. The summed E-state index contributed by atoms with van der Waals surface area (Å²) in [5.74, 6) is 0.0748. The molecule has 0 spiro atoms. The lowest BCUT2D eigenvalue weighted by molar-refractivity contribution is -0.139. The van der Waals surface area contributed by atoms with Crippen LogP contribution in [-0.2, 0) is 15.1 Å². The SMILES string of the molecule is COc1ccc2cc([C@]3(C)NC(=O)N(CC(=O)N4CCS[C@@H]4c4ccccc4F)C3=O)ccc2c1. The van der Waals surface area contributed by atoms with Gasteiger partial charge >= 0.3 is 6.03 Å². The Morgan fingerprint density at radius 1 is 1.14 bits per heavy atom. The van der Waals surface area contributed by atoms with Gasteiger partial charge in [-0.05, 0) is 47.5 Å². The van der Waals surface area contributed by atoms with Gasteiger partial charge in [-0.1, -0.05) is 36.4 Å². The molecular formula is C26H24FN3O4S. The molecule has 7 nitrogen and oxygen atoms in total. The lowest BCUT2D eigenvalue weighted by Crippen LogP contribution is -2.44. The summed E-state index contributed by atoms with van der Waals surface area (Å²) in [6.45, 7) is 1.64. The van der Waals surface area contributed by atoms with Crippen LogP contribution in [0.1, 0.15) is 23.4 Å². The number of nitrogens with one attached hydrogen (secondary N) is 1. The summed E-state index contributed by atoms with van der Waals surface area (Å²) in [5, 5.41) is 4.09. The largest absolute Gasteiger partial charge is 0.497 e. The van der Waals surface area contributed by atoms with Gasteiger partial charge in [0.1, 0.15) is 29.0 Å². The molecule has 2 heterocycles. The molecule has 0 aromatic heterocycles. The maximum absolute atomic E-state index is 14.4. The molecule has 2 atom stereocenters. The third-order valence-corrected chi connectivity index (χ3v) is 7.82. The number of ether oxygens (including phenoxy) is 1. The van der Waals surface area contributed by atoms with Crippen LogP contribution in [0, 0.1) is 5.82 Å². The van der Waals surface area contributed by atoms with E-state index in [0.717, 1.165) is 21.4 Å². The van der Waals surface area contributed by atoms with E-state index in [1.54, 1.807) is 38.3 Å². The number of rotatable bonds is 5. The van der Waals surface area contributed by atoms with E-state index in [0.29, 0.717) is 23.4 Å². The molecule has 2 aliphatic heterocycles. The lowest BCUT2D eigenvalue weighted by Gasteiger charge is -2.26. The molecule has 180 valence electrons.